The number of amides is 2. The van der Waals surface area contributed by atoms with Gasteiger partial charge in [-0.2, -0.15) is 8.78 Å². The number of nitrogens with zero attached hydrogens (tertiary/aromatic N) is 2. The molecule has 1 heterocycles. The highest BCUT2D eigenvalue weighted by Gasteiger charge is 2.08. The SMILES string of the molecule is CC(Cn1ccnc1)NC(=O)NCc1cccc(OC(F)F)c1. The average molecular weight is 324 g/mol. The van der Waals surface area contributed by atoms with Crippen molar-refractivity contribution >= 4 is 6.03 Å². The van der Waals surface area contributed by atoms with E-state index in [0.717, 1.165) is 0 Å². The van der Waals surface area contributed by atoms with Gasteiger partial charge in [-0.25, -0.2) is 9.78 Å². The zero-order chi connectivity index (χ0) is 16.7. The predicted octanol–water partition coefficient (Wildman–Crippen LogP) is 2.37. The maximum atomic E-state index is 12.2. The number of benzene rings is 1. The summed E-state index contributed by atoms with van der Waals surface area (Å²) in [7, 11) is 0. The number of halogens is 2. The highest BCUT2D eigenvalue weighted by molar-refractivity contribution is 5.74. The third-order valence-corrected chi connectivity index (χ3v) is 3.00. The molecule has 0 aliphatic heterocycles. The molecule has 2 amide bonds. The summed E-state index contributed by atoms with van der Waals surface area (Å²) < 4.78 is 30.5. The van der Waals surface area contributed by atoms with E-state index in [1.165, 1.54) is 12.1 Å². The topological polar surface area (TPSA) is 68.2 Å². The van der Waals surface area contributed by atoms with Crippen LogP contribution >= 0.6 is 0 Å². The number of hydrogen-bond donors (Lipinski definition) is 2. The average Bonchev–Trinajstić information content (AvgIpc) is 2.97. The smallest absolute Gasteiger partial charge is 0.387 e. The van der Waals surface area contributed by atoms with Crippen LogP contribution in [0, 0.1) is 0 Å². The number of rotatable bonds is 7. The van der Waals surface area contributed by atoms with Crippen molar-refractivity contribution in [2.75, 3.05) is 0 Å². The quantitative estimate of drug-likeness (QED) is 0.821. The van der Waals surface area contributed by atoms with E-state index in [1.54, 1.807) is 24.7 Å². The third-order valence-electron chi connectivity index (χ3n) is 3.00. The second-order valence-electron chi connectivity index (χ2n) is 5.01. The number of aromatic nitrogens is 2. The van der Waals surface area contributed by atoms with Crippen molar-refractivity contribution in [2.45, 2.75) is 32.7 Å². The van der Waals surface area contributed by atoms with E-state index in [9.17, 15) is 13.6 Å². The van der Waals surface area contributed by atoms with Crippen LogP contribution in [0.1, 0.15) is 12.5 Å². The van der Waals surface area contributed by atoms with Gasteiger partial charge in [0.1, 0.15) is 5.75 Å². The van der Waals surface area contributed by atoms with E-state index in [2.05, 4.69) is 20.4 Å². The molecule has 0 saturated carbocycles. The van der Waals surface area contributed by atoms with Gasteiger partial charge >= 0.3 is 12.6 Å². The first-order chi connectivity index (χ1) is 11.0. The summed E-state index contributed by atoms with van der Waals surface area (Å²) in [6.07, 6.45) is 5.15. The van der Waals surface area contributed by atoms with Crippen LogP contribution in [0.4, 0.5) is 13.6 Å². The van der Waals surface area contributed by atoms with Crippen LogP contribution in [-0.4, -0.2) is 28.2 Å². The standard InChI is InChI=1S/C15H18F2N4O2/c1-11(9-21-6-5-18-10-21)20-15(22)19-8-12-3-2-4-13(7-12)23-14(16)17/h2-7,10-11,14H,8-9H2,1H3,(H2,19,20,22). The molecule has 2 aromatic rings. The van der Waals surface area contributed by atoms with Gasteiger partial charge in [-0.05, 0) is 24.6 Å². The van der Waals surface area contributed by atoms with Gasteiger partial charge in [0, 0.05) is 31.5 Å². The lowest BCUT2D eigenvalue weighted by atomic mass is 10.2. The number of carbonyl (C=O) groups excluding carboxylic acids is 1. The van der Waals surface area contributed by atoms with Crippen LogP contribution in [0.2, 0.25) is 0 Å². The molecule has 8 heteroatoms. The Morgan fingerprint density at radius 3 is 2.96 bits per heavy atom. The first-order valence-corrected chi connectivity index (χ1v) is 7.07. The van der Waals surface area contributed by atoms with Gasteiger partial charge in [-0.3, -0.25) is 0 Å². The molecule has 1 atom stereocenters. The minimum atomic E-state index is -2.87. The van der Waals surface area contributed by atoms with Gasteiger partial charge in [0.05, 0.1) is 6.33 Å². The van der Waals surface area contributed by atoms with Crippen LogP contribution in [0.25, 0.3) is 0 Å². The second kappa shape index (κ2) is 8.11. The Bertz CT molecular complexity index is 620. The Morgan fingerprint density at radius 1 is 1.43 bits per heavy atom. The summed E-state index contributed by atoms with van der Waals surface area (Å²) in [5, 5.41) is 5.46. The fourth-order valence-electron chi connectivity index (χ4n) is 2.05. The molecule has 0 fully saturated rings. The normalized spacial score (nSPS) is 12.0. The van der Waals surface area contributed by atoms with Crippen LogP contribution < -0.4 is 15.4 Å². The number of alkyl halides is 2. The summed E-state index contributed by atoms with van der Waals surface area (Å²) in [4.78, 5) is 15.7. The van der Waals surface area contributed by atoms with Crippen molar-refractivity contribution in [3.8, 4) is 5.75 Å². The molecule has 124 valence electrons. The lowest BCUT2D eigenvalue weighted by molar-refractivity contribution is -0.0498. The zero-order valence-corrected chi connectivity index (χ0v) is 12.6. The molecule has 23 heavy (non-hydrogen) atoms. The molecule has 2 N–H and O–H groups in total. The predicted molar refractivity (Wildman–Crippen MR) is 80.1 cm³/mol. The van der Waals surface area contributed by atoms with Gasteiger partial charge in [0.15, 0.2) is 0 Å². The molecule has 0 aliphatic rings. The molecule has 2 rings (SSSR count). The highest BCUT2D eigenvalue weighted by Crippen LogP contribution is 2.15. The molecule has 1 aromatic heterocycles. The van der Waals surface area contributed by atoms with Crippen LogP contribution in [-0.2, 0) is 13.1 Å². The number of nitrogens with one attached hydrogen (secondary N) is 2. The van der Waals surface area contributed by atoms with E-state index < -0.39 is 6.61 Å². The largest absolute Gasteiger partial charge is 0.435 e. The van der Waals surface area contributed by atoms with E-state index in [-0.39, 0.29) is 24.4 Å². The van der Waals surface area contributed by atoms with Crippen LogP contribution in [0.3, 0.4) is 0 Å². The molecular weight excluding hydrogens is 306 g/mol. The van der Waals surface area contributed by atoms with Gasteiger partial charge in [0.2, 0.25) is 0 Å². The van der Waals surface area contributed by atoms with E-state index in [0.29, 0.717) is 12.1 Å². The molecule has 1 aromatic carbocycles. The fraction of sp³-hybridized carbons (Fsp3) is 0.333. The van der Waals surface area contributed by atoms with E-state index in [4.69, 9.17) is 0 Å². The third kappa shape index (κ3) is 5.93. The number of imidazole rings is 1. The fourth-order valence-corrected chi connectivity index (χ4v) is 2.05. The van der Waals surface area contributed by atoms with E-state index >= 15 is 0 Å². The first-order valence-electron chi connectivity index (χ1n) is 7.07. The van der Waals surface area contributed by atoms with Gasteiger partial charge in [-0.1, -0.05) is 12.1 Å². The molecule has 0 saturated heterocycles. The summed E-state index contributed by atoms with van der Waals surface area (Å²) in [6, 6.07) is 5.78. The first kappa shape index (κ1) is 16.7. The number of urea groups is 1. The maximum absolute atomic E-state index is 12.2. The minimum Gasteiger partial charge on any atom is -0.435 e. The lowest BCUT2D eigenvalue weighted by Gasteiger charge is -2.15. The number of ether oxygens (including phenoxy) is 1. The maximum Gasteiger partial charge on any atom is 0.387 e. The molecule has 1 unspecified atom stereocenters. The number of hydrogen-bond acceptors (Lipinski definition) is 3. The molecule has 0 aliphatic carbocycles. The Hall–Kier alpha value is -2.64. The van der Waals surface area contributed by atoms with Crippen molar-refractivity contribution in [1.82, 2.24) is 20.2 Å². The molecule has 0 radical (unpaired) electrons. The summed E-state index contributed by atoms with van der Waals surface area (Å²) in [5.41, 5.74) is 0.667. The Balaban J connectivity index is 1.77. The van der Waals surface area contributed by atoms with Crippen molar-refractivity contribution in [1.29, 1.82) is 0 Å². The minimum absolute atomic E-state index is 0.0631. The van der Waals surface area contributed by atoms with Crippen molar-refractivity contribution in [3.63, 3.8) is 0 Å². The lowest BCUT2D eigenvalue weighted by Crippen LogP contribution is -2.42. The second-order valence-corrected chi connectivity index (χ2v) is 5.01. The Labute approximate surface area is 132 Å². The Kier molecular flexibility index (Phi) is 5.90. The van der Waals surface area contributed by atoms with Gasteiger partial charge in [-0.15, -0.1) is 0 Å². The zero-order valence-electron chi connectivity index (χ0n) is 12.6. The Morgan fingerprint density at radius 2 is 2.26 bits per heavy atom. The molecule has 0 spiro atoms. The van der Waals surface area contributed by atoms with Crippen LogP contribution in [0.15, 0.2) is 43.0 Å². The van der Waals surface area contributed by atoms with Crippen molar-refractivity contribution in [2.24, 2.45) is 0 Å². The van der Waals surface area contributed by atoms with Crippen molar-refractivity contribution in [3.05, 3.63) is 48.5 Å². The molecule has 6 nitrogen and oxygen atoms in total. The summed E-state index contributed by atoms with van der Waals surface area (Å²) in [5.74, 6) is 0.0631. The van der Waals surface area contributed by atoms with Crippen LogP contribution in [0.5, 0.6) is 5.75 Å². The van der Waals surface area contributed by atoms with Crippen molar-refractivity contribution < 1.29 is 18.3 Å². The van der Waals surface area contributed by atoms with E-state index in [1.807, 2.05) is 17.7 Å². The molecule has 0 bridgehead atoms. The number of carbonyl (C=O) groups is 1. The highest BCUT2D eigenvalue weighted by atomic mass is 19.3. The summed E-state index contributed by atoms with van der Waals surface area (Å²) in [6.45, 7) is -0.183. The van der Waals surface area contributed by atoms with Gasteiger partial charge < -0.3 is 19.9 Å². The van der Waals surface area contributed by atoms with Gasteiger partial charge in [0.25, 0.3) is 0 Å². The summed E-state index contributed by atoms with van der Waals surface area (Å²) >= 11 is 0. The molecular formula is C15H18F2N4O2. The monoisotopic (exact) mass is 324 g/mol.